The minimum absolute atomic E-state index is 0. The lowest BCUT2D eigenvalue weighted by molar-refractivity contribution is 1.27. The summed E-state index contributed by atoms with van der Waals surface area (Å²) in [5.41, 5.74) is 0. The minimum atomic E-state index is 0. The first kappa shape index (κ1) is 4.12. The van der Waals surface area contributed by atoms with E-state index in [4.69, 9.17) is 0 Å². The molecule has 38 valence electrons. The number of hydrogen-bond donors (Lipinski definition) is 1. The molecule has 0 aliphatic heterocycles. The first-order valence-electron chi connectivity index (χ1n) is 2.05. The van der Waals surface area contributed by atoms with Gasteiger partial charge in [-0.1, -0.05) is 6.58 Å². The van der Waals surface area contributed by atoms with E-state index in [-0.39, 0.29) is 1.43 Å². The molecular weight excluding hydrogens is 88.1 g/mol. The van der Waals surface area contributed by atoms with Crippen LogP contribution >= 0.6 is 0 Å². The second-order valence-corrected chi connectivity index (χ2v) is 1.18. The van der Waals surface area contributed by atoms with Crippen LogP contribution < -0.4 is 0 Å². The number of nitrogens with one attached hydrogen (secondary N) is 1. The van der Waals surface area contributed by atoms with Gasteiger partial charge in [0.15, 0.2) is 0 Å². The lowest BCUT2D eigenvalue weighted by Gasteiger charge is -1.73. The first-order valence-corrected chi connectivity index (χ1v) is 2.05. The van der Waals surface area contributed by atoms with Gasteiger partial charge in [0, 0.05) is 13.8 Å². The molecule has 2 nitrogen and oxygen atoms in total. The fraction of sp³-hybridized carbons (Fsp3) is 0. The highest BCUT2D eigenvalue weighted by atomic mass is 14.9. The molecule has 0 unspecified atom stereocenters. The summed E-state index contributed by atoms with van der Waals surface area (Å²) in [5, 5.41) is 0. The van der Waals surface area contributed by atoms with E-state index in [0.29, 0.717) is 0 Å². The molecular formula is C5H8N2. The van der Waals surface area contributed by atoms with E-state index in [0.717, 1.165) is 5.82 Å². The van der Waals surface area contributed by atoms with E-state index in [1.807, 2.05) is 0 Å². The molecule has 0 amide bonds. The standard InChI is InChI=1S/C5H6N2.H2/c1-2-5-6-3-4-7-5;/h2-4H,1H2,(H,6,7);1H. The topological polar surface area (TPSA) is 28.7 Å². The molecule has 1 N–H and O–H groups in total. The largest absolute Gasteiger partial charge is 0.345 e. The number of nitrogens with zero attached hydrogens (tertiary/aromatic N) is 1. The lowest BCUT2D eigenvalue weighted by atomic mass is 10.6. The van der Waals surface area contributed by atoms with Gasteiger partial charge in [-0.25, -0.2) is 4.98 Å². The number of H-pyrrole nitrogens is 1. The Balaban J connectivity index is 0.000000490. The number of imidazole rings is 1. The van der Waals surface area contributed by atoms with Crippen LogP contribution in [0.4, 0.5) is 0 Å². The Morgan fingerprint density at radius 3 is 3.14 bits per heavy atom. The van der Waals surface area contributed by atoms with Gasteiger partial charge in [-0.05, 0) is 6.08 Å². The quantitative estimate of drug-likeness (QED) is 0.560. The van der Waals surface area contributed by atoms with E-state index in [9.17, 15) is 0 Å². The van der Waals surface area contributed by atoms with Crippen molar-refractivity contribution in [2.24, 2.45) is 0 Å². The van der Waals surface area contributed by atoms with Crippen LogP contribution in [0.5, 0.6) is 0 Å². The molecule has 0 aromatic carbocycles. The highest BCUT2D eigenvalue weighted by molar-refractivity contribution is 5.34. The van der Waals surface area contributed by atoms with Gasteiger partial charge in [0.2, 0.25) is 0 Å². The van der Waals surface area contributed by atoms with E-state index in [1.165, 1.54) is 0 Å². The Morgan fingerprint density at radius 2 is 2.86 bits per heavy atom. The van der Waals surface area contributed by atoms with Gasteiger partial charge < -0.3 is 4.98 Å². The third-order valence-electron chi connectivity index (χ3n) is 0.713. The number of aromatic amines is 1. The van der Waals surface area contributed by atoms with Crippen LogP contribution in [-0.4, -0.2) is 9.97 Å². The fourth-order valence-electron chi connectivity index (χ4n) is 0.389. The third-order valence-corrected chi connectivity index (χ3v) is 0.713. The van der Waals surface area contributed by atoms with Crippen molar-refractivity contribution in [3.8, 4) is 0 Å². The summed E-state index contributed by atoms with van der Waals surface area (Å²) in [5.74, 6) is 0.819. The molecule has 0 aliphatic rings. The monoisotopic (exact) mass is 96.1 g/mol. The van der Waals surface area contributed by atoms with Crippen LogP contribution in [0.1, 0.15) is 7.25 Å². The molecule has 1 aromatic heterocycles. The average Bonchev–Trinajstić information content (AvgIpc) is 2.14. The molecule has 1 rings (SSSR count). The lowest BCUT2D eigenvalue weighted by Crippen LogP contribution is -1.67. The van der Waals surface area contributed by atoms with Gasteiger partial charge in [-0.15, -0.1) is 0 Å². The molecule has 1 heterocycles. The normalized spacial score (nSPS) is 8.57. The molecule has 0 atom stereocenters. The maximum Gasteiger partial charge on any atom is 0.129 e. The van der Waals surface area contributed by atoms with E-state index < -0.39 is 0 Å². The van der Waals surface area contributed by atoms with Crippen LogP contribution in [0.2, 0.25) is 0 Å². The number of rotatable bonds is 1. The van der Waals surface area contributed by atoms with Crippen molar-refractivity contribution in [1.29, 1.82) is 0 Å². The van der Waals surface area contributed by atoms with Crippen molar-refractivity contribution in [3.63, 3.8) is 0 Å². The van der Waals surface area contributed by atoms with E-state index in [2.05, 4.69) is 16.5 Å². The van der Waals surface area contributed by atoms with E-state index in [1.54, 1.807) is 18.5 Å². The van der Waals surface area contributed by atoms with Gasteiger partial charge >= 0.3 is 0 Å². The molecule has 0 saturated heterocycles. The van der Waals surface area contributed by atoms with Gasteiger partial charge in [0.25, 0.3) is 0 Å². The minimum Gasteiger partial charge on any atom is -0.345 e. The van der Waals surface area contributed by atoms with Crippen LogP contribution in [0.25, 0.3) is 6.08 Å². The molecule has 7 heavy (non-hydrogen) atoms. The highest BCUT2D eigenvalue weighted by Crippen LogP contribution is 1.85. The van der Waals surface area contributed by atoms with Crippen LogP contribution in [-0.2, 0) is 0 Å². The van der Waals surface area contributed by atoms with Gasteiger partial charge in [-0.2, -0.15) is 0 Å². The zero-order chi connectivity index (χ0) is 5.11. The highest BCUT2D eigenvalue weighted by Gasteiger charge is 1.78. The molecule has 0 aliphatic carbocycles. The van der Waals surface area contributed by atoms with Gasteiger partial charge in [-0.3, -0.25) is 0 Å². The zero-order valence-electron chi connectivity index (χ0n) is 3.89. The molecule has 0 spiro atoms. The van der Waals surface area contributed by atoms with Crippen LogP contribution in [0, 0.1) is 0 Å². The van der Waals surface area contributed by atoms with E-state index >= 15 is 0 Å². The van der Waals surface area contributed by atoms with Gasteiger partial charge in [0.05, 0.1) is 0 Å². The van der Waals surface area contributed by atoms with Crippen molar-refractivity contribution in [3.05, 3.63) is 24.8 Å². The fourth-order valence-corrected chi connectivity index (χ4v) is 0.389. The summed E-state index contributed by atoms with van der Waals surface area (Å²) >= 11 is 0. The number of aromatic nitrogens is 2. The summed E-state index contributed by atoms with van der Waals surface area (Å²) < 4.78 is 0. The molecule has 1 aromatic rings. The maximum absolute atomic E-state index is 3.86. The molecule has 0 saturated carbocycles. The van der Waals surface area contributed by atoms with Gasteiger partial charge in [0.1, 0.15) is 5.82 Å². The van der Waals surface area contributed by atoms with Crippen molar-refractivity contribution in [2.75, 3.05) is 0 Å². The Kier molecular flexibility index (Phi) is 0.941. The summed E-state index contributed by atoms with van der Waals surface area (Å²) in [6.45, 7) is 3.51. The molecule has 0 radical (unpaired) electrons. The van der Waals surface area contributed by atoms with Crippen molar-refractivity contribution in [1.82, 2.24) is 9.97 Å². The first-order chi connectivity index (χ1) is 3.43. The molecule has 0 bridgehead atoms. The third kappa shape index (κ3) is 0.682. The zero-order valence-corrected chi connectivity index (χ0v) is 3.89. The Morgan fingerprint density at radius 1 is 2.00 bits per heavy atom. The number of hydrogen-bond acceptors (Lipinski definition) is 1. The Hall–Kier alpha value is -1.05. The second-order valence-electron chi connectivity index (χ2n) is 1.18. The Bertz CT molecular complexity index is 145. The summed E-state index contributed by atoms with van der Waals surface area (Å²) in [6, 6.07) is 0. The Labute approximate surface area is 43.4 Å². The molecule has 0 fully saturated rings. The predicted octanol–water partition coefficient (Wildman–Crippen LogP) is 1.30. The van der Waals surface area contributed by atoms with Crippen LogP contribution in [0.15, 0.2) is 19.0 Å². The maximum atomic E-state index is 3.86. The summed E-state index contributed by atoms with van der Waals surface area (Å²) in [7, 11) is 0. The van der Waals surface area contributed by atoms with Crippen LogP contribution in [0.3, 0.4) is 0 Å². The second kappa shape index (κ2) is 1.60. The van der Waals surface area contributed by atoms with Crippen molar-refractivity contribution >= 4 is 6.08 Å². The summed E-state index contributed by atoms with van der Waals surface area (Å²) in [6.07, 6.45) is 5.12. The summed E-state index contributed by atoms with van der Waals surface area (Å²) in [4.78, 5) is 6.72. The van der Waals surface area contributed by atoms with Crippen molar-refractivity contribution < 1.29 is 1.43 Å². The van der Waals surface area contributed by atoms with Crippen molar-refractivity contribution in [2.45, 2.75) is 0 Å². The average molecular weight is 96.1 g/mol. The predicted molar refractivity (Wildman–Crippen MR) is 30.8 cm³/mol. The SMILES string of the molecule is C=Cc1ncc[nH]1.[HH]. The smallest absolute Gasteiger partial charge is 0.129 e. The molecule has 2 heteroatoms.